The van der Waals surface area contributed by atoms with Crippen molar-refractivity contribution in [2.45, 2.75) is 44.6 Å². The van der Waals surface area contributed by atoms with Gasteiger partial charge in [0.05, 0.1) is 0 Å². The van der Waals surface area contributed by atoms with Gasteiger partial charge in [-0.15, -0.1) is 0 Å². The number of nitrogens with one attached hydrogen (secondary N) is 1. The standard InChI is InChI=1S/C29H36N2O2/c1-4-24(33-25-16-9-7-10-17-25)15-8-5-6-11-20-28-23(2)26-18-12-13-19-27(26)29(32)31(28)22-14-21-30-3/h4-5,7-10,12-13,15-19,23,28,30H,1,6,11,14,20-22H2,2-3H3/b8-5-,24-15+. The molecule has 1 aliphatic rings. The summed E-state index contributed by atoms with van der Waals surface area (Å²) in [4.78, 5) is 15.3. The molecule has 0 aliphatic carbocycles. The summed E-state index contributed by atoms with van der Waals surface area (Å²) in [5, 5.41) is 3.19. The van der Waals surface area contributed by atoms with E-state index in [0.29, 0.717) is 5.92 Å². The van der Waals surface area contributed by atoms with Gasteiger partial charge in [-0.25, -0.2) is 0 Å². The van der Waals surface area contributed by atoms with Gasteiger partial charge in [-0.3, -0.25) is 4.79 Å². The zero-order chi connectivity index (χ0) is 23.5. The molecule has 1 N–H and O–H groups in total. The van der Waals surface area contributed by atoms with Crippen molar-refractivity contribution in [2.24, 2.45) is 0 Å². The summed E-state index contributed by atoms with van der Waals surface area (Å²) in [6.45, 7) is 7.81. The molecule has 0 radical (unpaired) electrons. The summed E-state index contributed by atoms with van der Waals surface area (Å²) in [6, 6.07) is 18.0. The minimum absolute atomic E-state index is 0.178. The summed E-state index contributed by atoms with van der Waals surface area (Å²) < 4.78 is 5.83. The van der Waals surface area contributed by atoms with Crippen LogP contribution in [0.15, 0.2) is 91.2 Å². The summed E-state index contributed by atoms with van der Waals surface area (Å²) in [7, 11) is 1.96. The van der Waals surface area contributed by atoms with E-state index >= 15 is 0 Å². The van der Waals surface area contributed by atoms with Crippen LogP contribution in [0.1, 0.15) is 54.4 Å². The predicted molar refractivity (Wildman–Crippen MR) is 137 cm³/mol. The van der Waals surface area contributed by atoms with Crippen molar-refractivity contribution in [1.82, 2.24) is 10.2 Å². The highest BCUT2D eigenvalue weighted by Gasteiger charge is 2.36. The number of para-hydroxylation sites is 1. The van der Waals surface area contributed by atoms with E-state index in [1.54, 1.807) is 6.08 Å². The SMILES string of the molecule is C=C/C(=C\C=C/CCCC1C(C)c2ccccc2C(=O)N1CCCNC)Oc1ccccc1. The third-order valence-electron chi connectivity index (χ3n) is 6.19. The quantitative estimate of drug-likeness (QED) is 0.244. The normalized spacial score (nSPS) is 18.4. The molecule has 0 bridgehead atoms. The minimum atomic E-state index is 0.178. The Bertz CT molecular complexity index is 965. The van der Waals surface area contributed by atoms with Gasteiger partial charge in [-0.1, -0.05) is 62.1 Å². The molecule has 1 aliphatic heterocycles. The third kappa shape index (κ3) is 6.69. The van der Waals surface area contributed by atoms with Gasteiger partial charge in [0.2, 0.25) is 0 Å². The Labute approximate surface area is 198 Å². The highest BCUT2D eigenvalue weighted by Crippen LogP contribution is 2.35. The molecule has 2 aromatic carbocycles. The number of hydrogen-bond acceptors (Lipinski definition) is 3. The first-order valence-electron chi connectivity index (χ1n) is 11.9. The van der Waals surface area contributed by atoms with Crippen molar-refractivity contribution < 1.29 is 9.53 Å². The average molecular weight is 445 g/mol. The van der Waals surface area contributed by atoms with Gasteiger partial charge in [0.25, 0.3) is 5.91 Å². The highest BCUT2D eigenvalue weighted by atomic mass is 16.5. The maximum atomic E-state index is 13.2. The number of allylic oxidation sites excluding steroid dienone is 4. The van der Waals surface area contributed by atoms with Crippen LogP contribution in [0.4, 0.5) is 0 Å². The van der Waals surface area contributed by atoms with Gasteiger partial charge in [0.15, 0.2) is 0 Å². The van der Waals surface area contributed by atoms with Crippen molar-refractivity contribution in [3.05, 3.63) is 102 Å². The lowest BCUT2D eigenvalue weighted by atomic mass is 9.82. The second kappa shape index (κ2) is 12.8. The first kappa shape index (κ1) is 24.5. The highest BCUT2D eigenvalue weighted by molar-refractivity contribution is 5.97. The average Bonchev–Trinajstić information content (AvgIpc) is 2.85. The number of unbranched alkanes of at least 4 members (excludes halogenated alkanes) is 1. The van der Waals surface area contributed by atoms with Crippen LogP contribution in [0, 0.1) is 0 Å². The number of amides is 1. The fourth-order valence-corrected chi connectivity index (χ4v) is 4.44. The van der Waals surface area contributed by atoms with Gasteiger partial charge in [0, 0.05) is 24.1 Å². The molecular formula is C29H36N2O2. The van der Waals surface area contributed by atoms with Crippen molar-refractivity contribution in [2.75, 3.05) is 20.1 Å². The third-order valence-corrected chi connectivity index (χ3v) is 6.19. The van der Waals surface area contributed by atoms with Crippen LogP contribution in [0.5, 0.6) is 5.75 Å². The maximum absolute atomic E-state index is 13.2. The Morgan fingerprint density at radius 1 is 1.12 bits per heavy atom. The number of carbonyl (C=O) groups excluding carboxylic acids is 1. The van der Waals surface area contributed by atoms with E-state index in [4.69, 9.17) is 4.74 Å². The minimum Gasteiger partial charge on any atom is -0.457 e. The Hall–Kier alpha value is -3.11. The first-order chi connectivity index (χ1) is 16.2. The van der Waals surface area contributed by atoms with E-state index < -0.39 is 0 Å². The van der Waals surface area contributed by atoms with Crippen molar-refractivity contribution >= 4 is 5.91 Å². The number of benzene rings is 2. The molecule has 2 unspecified atom stereocenters. The van der Waals surface area contributed by atoms with Crippen LogP contribution in [0.3, 0.4) is 0 Å². The van der Waals surface area contributed by atoms with E-state index in [-0.39, 0.29) is 11.9 Å². The Kier molecular flexibility index (Phi) is 9.52. The number of ether oxygens (including phenoxy) is 1. The summed E-state index contributed by atoms with van der Waals surface area (Å²) in [6.07, 6.45) is 11.8. The number of rotatable bonds is 12. The lowest BCUT2D eigenvalue weighted by Crippen LogP contribution is -2.48. The fourth-order valence-electron chi connectivity index (χ4n) is 4.44. The summed E-state index contributed by atoms with van der Waals surface area (Å²) in [5.41, 5.74) is 2.05. The maximum Gasteiger partial charge on any atom is 0.254 e. The molecule has 174 valence electrons. The monoisotopic (exact) mass is 444 g/mol. The second-order valence-electron chi connectivity index (χ2n) is 8.45. The fraction of sp³-hybridized carbons (Fsp3) is 0.345. The van der Waals surface area contributed by atoms with Crippen molar-refractivity contribution in [1.29, 1.82) is 0 Å². The molecule has 0 aromatic heterocycles. The molecule has 0 fully saturated rings. The molecule has 1 heterocycles. The van der Waals surface area contributed by atoms with E-state index in [2.05, 4.69) is 35.9 Å². The summed E-state index contributed by atoms with van der Waals surface area (Å²) in [5.74, 6) is 2.03. The van der Waals surface area contributed by atoms with Crippen LogP contribution in [-0.2, 0) is 0 Å². The predicted octanol–water partition coefficient (Wildman–Crippen LogP) is 6.10. The Balaban J connectivity index is 1.58. The summed E-state index contributed by atoms with van der Waals surface area (Å²) >= 11 is 0. The number of hydrogen-bond donors (Lipinski definition) is 1. The first-order valence-corrected chi connectivity index (χ1v) is 11.9. The molecule has 33 heavy (non-hydrogen) atoms. The molecule has 4 heteroatoms. The van der Waals surface area contributed by atoms with Crippen LogP contribution in [0.2, 0.25) is 0 Å². The molecule has 0 spiro atoms. The van der Waals surface area contributed by atoms with Gasteiger partial charge in [-0.2, -0.15) is 0 Å². The molecule has 0 saturated carbocycles. The topological polar surface area (TPSA) is 41.6 Å². The zero-order valence-electron chi connectivity index (χ0n) is 19.9. The Morgan fingerprint density at radius 2 is 1.88 bits per heavy atom. The smallest absolute Gasteiger partial charge is 0.254 e. The van der Waals surface area contributed by atoms with Crippen molar-refractivity contribution in [3.8, 4) is 5.75 Å². The molecule has 1 amide bonds. The lowest BCUT2D eigenvalue weighted by molar-refractivity contribution is 0.0601. The molecule has 4 nitrogen and oxygen atoms in total. The van der Waals surface area contributed by atoms with Crippen molar-refractivity contribution in [3.63, 3.8) is 0 Å². The van der Waals surface area contributed by atoms with Gasteiger partial charge < -0.3 is 15.0 Å². The lowest BCUT2D eigenvalue weighted by Gasteiger charge is -2.41. The van der Waals surface area contributed by atoms with Crippen LogP contribution in [-0.4, -0.2) is 37.0 Å². The second-order valence-corrected chi connectivity index (χ2v) is 8.45. The van der Waals surface area contributed by atoms with Crippen LogP contribution in [0.25, 0.3) is 0 Å². The molecule has 2 aromatic rings. The van der Waals surface area contributed by atoms with E-state index in [9.17, 15) is 4.79 Å². The molecule has 3 rings (SSSR count). The van der Waals surface area contributed by atoms with Crippen LogP contribution < -0.4 is 10.1 Å². The van der Waals surface area contributed by atoms with E-state index in [1.807, 2.05) is 67.7 Å². The zero-order valence-corrected chi connectivity index (χ0v) is 19.9. The largest absolute Gasteiger partial charge is 0.457 e. The number of carbonyl (C=O) groups is 1. The molecule has 2 atom stereocenters. The van der Waals surface area contributed by atoms with Crippen LogP contribution >= 0.6 is 0 Å². The van der Waals surface area contributed by atoms with E-state index in [1.165, 1.54) is 5.56 Å². The number of nitrogens with zero attached hydrogens (tertiary/aromatic N) is 1. The van der Waals surface area contributed by atoms with Gasteiger partial charge in [-0.05, 0) is 75.2 Å². The molecular weight excluding hydrogens is 408 g/mol. The number of fused-ring (bicyclic) bond motifs is 1. The Morgan fingerprint density at radius 3 is 2.64 bits per heavy atom. The van der Waals surface area contributed by atoms with E-state index in [0.717, 1.165) is 55.8 Å². The molecule has 0 saturated heterocycles. The van der Waals surface area contributed by atoms with Gasteiger partial charge in [0.1, 0.15) is 11.5 Å². The van der Waals surface area contributed by atoms with Gasteiger partial charge >= 0.3 is 0 Å².